The van der Waals surface area contributed by atoms with E-state index in [0.717, 1.165) is 43.2 Å². The summed E-state index contributed by atoms with van der Waals surface area (Å²) in [6.45, 7) is 0.903. The average molecular weight is 547 g/mol. The van der Waals surface area contributed by atoms with Crippen molar-refractivity contribution < 1.29 is 24.2 Å². The molecule has 9 nitrogen and oxygen atoms in total. The number of nitrogens with one attached hydrogen (secondary N) is 3. The van der Waals surface area contributed by atoms with Crippen LogP contribution in [-0.4, -0.2) is 51.9 Å². The van der Waals surface area contributed by atoms with Gasteiger partial charge in [0, 0.05) is 18.7 Å². The Labute approximate surface area is 234 Å². The van der Waals surface area contributed by atoms with E-state index >= 15 is 0 Å². The van der Waals surface area contributed by atoms with Crippen molar-refractivity contribution in [1.82, 2.24) is 15.5 Å². The zero-order chi connectivity index (χ0) is 28.1. The van der Waals surface area contributed by atoms with E-state index in [0.29, 0.717) is 30.9 Å². The lowest BCUT2D eigenvalue weighted by molar-refractivity contribution is -0.148. The van der Waals surface area contributed by atoms with E-state index in [-0.39, 0.29) is 36.7 Å². The summed E-state index contributed by atoms with van der Waals surface area (Å²) >= 11 is 0. The van der Waals surface area contributed by atoms with Crippen LogP contribution >= 0.6 is 0 Å². The van der Waals surface area contributed by atoms with Crippen LogP contribution in [0.25, 0.3) is 0 Å². The third-order valence-electron chi connectivity index (χ3n) is 8.62. The molecule has 3 aliphatic rings. The molecular formula is C31H38N4O5. The number of benzene rings is 2. The maximum absolute atomic E-state index is 13.3. The van der Waals surface area contributed by atoms with Gasteiger partial charge in [0.2, 0.25) is 5.91 Å². The van der Waals surface area contributed by atoms with E-state index in [1.807, 2.05) is 30.3 Å². The molecule has 3 atom stereocenters. The van der Waals surface area contributed by atoms with Gasteiger partial charge >= 0.3 is 6.09 Å². The molecule has 2 aromatic carbocycles. The number of carbonyl (C=O) groups is 3. The maximum atomic E-state index is 13.3. The maximum Gasteiger partial charge on any atom is 0.413 e. The zero-order valence-electron chi connectivity index (χ0n) is 22.7. The van der Waals surface area contributed by atoms with Gasteiger partial charge in [0.1, 0.15) is 24.1 Å². The number of amides is 3. The van der Waals surface area contributed by atoms with Crippen LogP contribution in [0.4, 0.5) is 4.79 Å². The van der Waals surface area contributed by atoms with E-state index < -0.39 is 17.7 Å². The number of amidine groups is 1. The molecule has 40 heavy (non-hydrogen) atoms. The number of likely N-dealkylation sites (tertiary alicyclic amines) is 1. The van der Waals surface area contributed by atoms with Gasteiger partial charge in [-0.05, 0) is 42.2 Å². The predicted molar refractivity (Wildman–Crippen MR) is 149 cm³/mol. The first-order valence-electron chi connectivity index (χ1n) is 14.3. The SMILES string of the molecule is N=C(NC(=O)OCc1ccccc1)c1ccc(CNC(=O)[C@]23C[C@H]2CCN3C(=O)[C@H](O)CC2CCCCC2)cc1. The van der Waals surface area contributed by atoms with E-state index in [4.69, 9.17) is 10.1 Å². The lowest BCUT2D eigenvalue weighted by Crippen LogP contribution is -2.53. The van der Waals surface area contributed by atoms with E-state index in [9.17, 15) is 19.5 Å². The van der Waals surface area contributed by atoms with Crippen LogP contribution in [0.1, 0.15) is 68.1 Å². The Morgan fingerprint density at radius 1 is 1.00 bits per heavy atom. The summed E-state index contributed by atoms with van der Waals surface area (Å²) in [6, 6.07) is 16.3. The third kappa shape index (κ3) is 6.20. The Balaban J connectivity index is 1.10. The fourth-order valence-corrected chi connectivity index (χ4v) is 6.26. The van der Waals surface area contributed by atoms with Crippen LogP contribution < -0.4 is 10.6 Å². The van der Waals surface area contributed by atoms with Gasteiger partial charge in [0.25, 0.3) is 5.91 Å². The molecule has 1 heterocycles. The topological polar surface area (TPSA) is 132 Å². The van der Waals surface area contributed by atoms with Gasteiger partial charge in [-0.3, -0.25) is 20.3 Å². The van der Waals surface area contributed by atoms with E-state index in [2.05, 4.69) is 10.6 Å². The molecule has 0 unspecified atom stereocenters. The molecule has 1 saturated heterocycles. The molecule has 0 radical (unpaired) electrons. The van der Waals surface area contributed by atoms with Gasteiger partial charge in [-0.1, -0.05) is 86.7 Å². The van der Waals surface area contributed by atoms with Crippen molar-refractivity contribution >= 4 is 23.7 Å². The van der Waals surface area contributed by atoms with E-state index in [1.54, 1.807) is 29.2 Å². The summed E-state index contributed by atoms with van der Waals surface area (Å²) in [5.41, 5.74) is 1.36. The first kappa shape index (κ1) is 27.8. The predicted octanol–water partition coefficient (Wildman–Crippen LogP) is 3.88. The minimum Gasteiger partial charge on any atom is -0.444 e. The lowest BCUT2D eigenvalue weighted by atomic mass is 9.85. The highest BCUT2D eigenvalue weighted by molar-refractivity contribution is 6.04. The monoisotopic (exact) mass is 546 g/mol. The molecule has 4 N–H and O–H groups in total. The number of piperidine rings is 1. The Bertz CT molecular complexity index is 1230. The molecule has 1 aliphatic heterocycles. The molecule has 3 fully saturated rings. The summed E-state index contributed by atoms with van der Waals surface area (Å²) in [4.78, 5) is 40.1. The highest BCUT2D eigenvalue weighted by Crippen LogP contribution is 2.56. The van der Waals surface area contributed by atoms with E-state index in [1.165, 1.54) is 6.42 Å². The summed E-state index contributed by atoms with van der Waals surface area (Å²) in [7, 11) is 0. The second-order valence-corrected chi connectivity index (χ2v) is 11.3. The Hall–Kier alpha value is -3.72. The quantitative estimate of drug-likeness (QED) is 0.280. The molecule has 2 aliphatic carbocycles. The number of hydrogen-bond acceptors (Lipinski definition) is 6. The van der Waals surface area contributed by atoms with Crippen LogP contribution in [-0.2, 0) is 27.5 Å². The second kappa shape index (κ2) is 12.2. The van der Waals surface area contributed by atoms with Crippen molar-refractivity contribution in [3.05, 3.63) is 71.3 Å². The van der Waals surface area contributed by atoms with Crippen molar-refractivity contribution in [2.75, 3.05) is 6.54 Å². The summed E-state index contributed by atoms with van der Waals surface area (Å²) in [5.74, 6) is -0.0323. The number of nitrogens with zero attached hydrogens (tertiary/aromatic N) is 1. The third-order valence-corrected chi connectivity index (χ3v) is 8.62. The molecule has 5 rings (SSSR count). The zero-order valence-corrected chi connectivity index (χ0v) is 22.7. The van der Waals surface area contributed by atoms with Crippen molar-refractivity contribution in [3.63, 3.8) is 0 Å². The van der Waals surface area contributed by atoms with Gasteiger partial charge in [0.05, 0.1) is 0 Å². The number of alkyl carbamates (subject to hydrolysis) is 1. The summed E-state index contributed by atoms with van der Waals surface area (Å²) in [6.07, 6.45) is 5.82. The number of aliphatic hydroxyl groups is 1. The van der Waals surface area contributed by atoms with Crippen molar-refractivity contribution in [1.29, 1.82) is 5.41 Å². The number of aliphatic hydroxyl groups excluding tert-OH is 1. The van der Waals surface area contributed by atoms with Crippen molar-refractivity contribution in [2.45, 2.75) is 76.2 Å². The Kier molecular flexibility index (Phi) is 8.49. The van der Waals surface area contributed by atoms with Crippen LogP contribution in [0.15, 0.2) is 54.6 Å². The Morgan fingerprint density at radius 2 is 1.73 bits per heavy atom. The number of fused-ring (bicyclic) bond motifs is 1. The smallest absolute Gasteiger partial charge is 0.413 e. The number of ether oxygens (including phenoxy) is 1. The van der Waals surface area contributed by atoms with Crippen LogP contribution in [0.2, 0.25) is 0 Å². The largest absolute Gasteiger partial charge is 0.444 e. The Morgan fingerprint density at radius 3 is 2.42 bits per heavy atom. The van der Waals surface area contributed by atoms with Gasteiger partial charge in [-0.2, -0.15) is 0 Å². The first-order valence-corrected chi connectivity index (χ1v) is 14.3. The molecule has 0 spiro atoms. The van der Waals surface area contributed by atoms with Gasteiger partial charge < -0.3 is 20.1 Å². The fourth-order valence-electron chi connectivity index (χ4n) is 6.26. The normalized spacial score (nSPS) is 22.6. The lowest BCUT2D eigenvalue weighted by Gasteiger charge is -2.31. The molecule has 2 saturated carbocycles. The highest BCUT2D eigenvalue weighted by Gasteiger charge is 2.68. The summed E-state index contributed by atoms with van der Waals surface area (Å²) < 4.78 is 5.17. The fraction of sp³-hybridized carbons (Fsp3) is 0.484. The highest BCUT2D eigenvalue weighted by atomic mass is 16.5. The number of rotatable bonds is 9. The molecule has 3 amide bonds. The van der Waals surface area contributed by atoms with Crippen LogP contribution in [0.5, 0.6) is 0 Å². The van der Waals surface area contributed by atoms with Gasteiger partial charge in [-0.25, -0.2) is 4.79 Å². The molecule has 212 valence electrons. The molecule has 0 bridgehead atoms. The van der Waals surface area contributed by atoms with Gasteiger partial charge in [0.15, 0.2) is 0 Å². The minimum atomic E-state index is -1.04. The molecular weight excluding hydrogens is 508 g/mol. The number of hydrogen-bond donors (Lipinski definition) is 4. The van der Waals surface area contributed by atoms with Gasteiger partial charge in [-0.15, -0.1) is 0 Å². The molecule has 9 heteroatoms. The first-order chi connectivity index (χ1) is 19.4. The molecule has 2 aromatic rings. The minimum absolute atomic E-state index is 0.0831. The molecule has 0 aromatic heterocycles. The standard InChI is InChI=1S/C31H38N4O5/c32-27(34-30(39)40-20-23-9-5-2-6-10-23)24-13-11-22(12-14-24)19-33-29(38)31-18-25(31)15-16-35(31)28(37)26(36)17-21-7-3-1-4-8-21/h2,5-6,9-14,21,25-26,36H,1,3-4,7-8,15-20H2,(H,33,38)(H2,32,34,39)/t25-,26-,31+/m1/s1. The number of carbonyl (C=O) groups excluding carboxylic acids is 3. The van der Waals surface area contributed by atoms with Crippen molar-refractivity contribution in [3.8, 4) is 0 Å². The average Bonchev–Trinajstić information content (AvgIpc) is 3.60. The second-order valence-electron chi connectivity index (χ2n) is 11.3. The summed E-state index contributed by atoms with van der Waals surface area (Å²) in [5, 5.41) is 24.3. The van der Waals surface area contributed by atoms with Crippen LogP contribution in [0.3, 0.4) is 0 Å². The van der Waals surface area contributed by atoms with Crippen molar-refractivity contribution in [2.24, 2.45) is 11.8 Å². The van der Waals surface area contributed by atoms with Crippen LogP contribution in [0, 0.1) is 17.2 Å².